The zero-order valence-corrected chi connectivity index (χ0v) is 18.0. The Hall–Kier alpha value is -2.93. The van der Waals surface area contributed by atoms with Gasteiger partial charge in [0.15, 0.2) is 10.9 Å². The van der Waals surface area contributed by atoms with Gasteiger partial charge in [-0.25, -0.2) is 4.98 Å². The van der Waals surface area contributed by atoms with Crippen LogP contribution in [0.1, 0.15) is 40.1 Å². The predicted molar refractivity (Wildman–Crippen MR) is 115 cm³/mol. The van der Waals surface area contributed by atoms with Gasteiger partial charge in [0.25, 0.3) is 5.78 Å². The van der Waals surface area contributed by atoms with Crippen LogP contribution in [-0.2, 0) is 0 Å². The van der Waals surface area contributed by atoms with Gasteiger partial charge in [0.2, 0.25) is 0 Å². The number of hydrogen-bond acceptors (Lipinski definition) is 5. The lowest BCUT2D eigenvalue weighted by Crippen LogP contribution is -2.15. The lowest BCUT2D eigenvalue weighted by atomic mass is 10.1. The number of thioether (sulfide) groups is 1. The Morgan fingerprint density at radius 1 is 1.00 bits per heavy atom. The molecule has 0 unspecified atom stereocenters. The molecule has 0 saturated carbocycles. The largest absolute Gasteiger partial charge is 0.318 e. The Labute approximate surface area is 174 Å². The van der Waals surface area contributed by atoms with E-state index in [9.17, 15) is 4.79 Å². The van der Waals surface area contributed by atoms with Gasteiger partial charge >= 0.3 is 0 Å². The fourth-order valence-corrected chi connectivity index (χ4v) is 4.66. The highest BCUT2D eigenvalue weighted by Gasteiger charge is 2.24. The molecule has 0 bridgehead atoms. The smallest absolute Gasteiger partial charge is 0.256 e. The number of Topliss-reactive ketones (excluding diaryl/α,β-unsaturated/α-hetero) is 1. The Bertz CT molecular complexity index is 1210. The molecule has 0 fully saturated rings. The third-order valence-electron chi connectivity index (χ3n) is 5.03. The van der Waals surface area contributed by atoms with Crippen LogP contribution in [0.3, 0.4) is 0 Å². The molecule has 0 aliphatic rings. The number of nitrogens with zero attached hydrogens (tertiary/aromatic N) is 5. The predicted octanol–water partition coefficient (Wildman–Crippen LogP) is 4.51. The lowest BCUT2D eigenvalue weighted by molar-refractivity contribution is 0.0993. The number of hydrogen-bond donors (Lipinski definition) is 0. The van der Waals surface area contributed by atoms with E-state index in [0.717, 1.165) is 34.0 Å². The maximum atomic E-state index is 13.3. The minimum atomic E-state index is -0.298. The van der Waals surface area contributed by atoms with Crippen molar-refractivity contribution in [3.8, 4) is 5.69 Å². The standard InChI is InChI=1S/C22H23N5OS/c1-13-11-14(2)27-21(23-13)24-25-22(27)29-17(5)20(28)19-12-15(3)26(16(19)4)18-9-7-6-8-10-18/h6-12,17H,1-5H3/t17-/m1/s1. The summed E-state index contributed by atoms with van der Waals surface area (Å²) in [5, 5.41) is 8.81. The normalized spacial score (nSPS) is 12.4. The molecule has 3 aromatic heterocycles. The summed E-state index contributed by atoms with van der Waals surface area (Å²) >= 11 is 1.41. The minimum Gasteiger partial charge on any atom is -0.318 e. The SMILES string of the molecule is Cc1cc(C)n2c(S[C@H](C)C(=O)c3cc(C)n(-c4ccccc4)c3C)nnc2n1. The van der Waals surface area contributed by atoms with E-state index in [1.165, 1.54) is 11.8 Å². The molecule has 1 aromatic carbocycles. The molecule has 0 saturated heterocycles. The van der Waals surface area contributed by atoms with Crippen molar-refractivity contribution in [2.24, 2.45) is 0 Å². The van der Waals surface area contributed by atoms with Crippen molar-refractivity contribution in [3.63, 3.8) is 0 Å². The van der Waals surface area contributed by atoms with Crippen molar-refractivity contribution in [2.75, 3.05) is 0 Å². The molecule has 0 aliphatic carbocycles. The van der Waals surface area contributed by atoms with Crippen molar-refractivity contribution >= 4 is 23.3 Å². The molecule has 148 valence electrons. The first-order valence-electron chi connectivity index (χ1n) is 9.51. The van der Waals surface area contributed by atoms with Crippen LogP contribution in [0, 0.1) is 27.7 Å². The van der Waals surface area contributed by atoms with E-state index in [-0.39, 0.29) is 11.0 Å². The molecule has 0 spiro atoms. The Morgan fingerprint density at radius 3 is 2.45 bits per heavy atom. The van der Waals surface area contributed by atoms with Crippen molar-refractivity contribution in [1.29, 1.82) is 0 Å². The molecule has 3 heterocycles. The van der Waals surface area contributed by atoms with E-state index in [4.69, 9.17) is 0 Å². The molecule has 0 amide bonds. The van der Waals surface area contributed by atoms with Crippen LogP contribution in [-0.4, -0.2) is 35.2 Å². The van der Waals surface area contributed by atoms with Crippen LogP contribution < -0.4 is 0 Å². The van der Waals surface area contributed by atoms with Gasteiger partial charge in [-0.15, -0.1) is 10.2 Å². The van der Waals surface area contributed by atoms with Crippen LogP contribution >= 0.6 is 11.8 Å². The van der Waals surface area contributed by atoms with Gasteiger partial charge in [0, 0.05) is 34.0 Å². The summed E-state index contributed by atoms with van der Waals surface area (Å²) in [6.07, 6.45) is 0. The maximum absolute atomic E-state index is 13.3. The molecule has 0 aliphatic heterocycles. The number of ketones is 1. The Balaban J connectivity index is 1.64. The molecule has 6 nitrogen and oxygen atoms in total. The van der Waals surface area contributed by atoms with Gasteiger partial charge < -0.3 is 4.57 Å². The molecular weight excluding hydrogens is 382 g/mol. The van der Waals surface area contributed by atoms with E-state index in [0.29, 0.717) is 10.9 Å². The highest BCUT2D eigenvalue weighted by Crippen LogP contribution is 2.28. The number of aromatic nitrogens is 5. The number of aryl methyl sites for hydroxylation is 3. The highest BCUT2D eigenvalue weighted by molar-refractivity contribution is 8.00. The van der Waals surface area contributed by atoms with E-state index in [1.807, 2.05) is 81.5 Å². The fraction of sp³-hybridized carbons (Fsp3) is 0.273. The van der Waals surface area contributed by atoms with Crippen molar-refractivity contribution in [3.05, 3.63) is 70.8 Å². The molecule has 7 heteroatoms. The summed E-state index contributed by atoms with van der Waals surface area (Å²) in [4.78, 5) is 17.7. The molecule has 1 atom stereocenters. The zero-order valence-electron chi connectivity index (χ0n) is 17.2. The van der Waals surface area contributed by atoms with Crippen LogP contribution in [0.15, 0.2) is 47.6 Å². The maximum Gasteiger partial charge on any atom is 0.256 e. The van der Waals surface area contributed by atoms with Crippen LogP contribution in [0.5, 0.6) is 0 Å². The number of rotatable bonds is 5. The van der Waals surface area contributed by atoms with E-state index in [2.05, 4.69) is 19.7 Å². The first-order chi connectivity index (χ1) is 13.9. The number of carbonyl (C=O) groups excluding carboxylic acids is 1. The van der Waals surface area contributed by atoms with Crippen LogP contribution in [0.4, 0.5) is 0 Å². The van der Waals surface area contributed by atoms with Crippen LogP contribution in [0.25, 0.3) is 11.5 Å². The third kappa shape index (κ3) is 3.46. The lowest BCUT2D eigenvalue weighted by Gasteiger charge is -2.12. The van der Waals surface area contributed by atoms with Gasteiger partial charge in [-0.1, -0.05) is 30.0 Å². The molecule has 0 N–H and O–H groups in total. The van der Waals surface area contributed by atoms with Crippen molar-refractivity contribution in [1.82, 2.24) is 24.1 Å². The minimum absolute atomic E-state index is 0.0831. The van der Waals surface area contributed by atoms with E-state index < -0.39 is 0 Å². The number of benzene rings is 1. The third-order valence-corrected chi connectivity index (χ3v) is 6.07. The van der Waals surface area contributed by atoms with Gasteiger partial charge in [-0.05, 0) is 58.9 Å². The summed E-state index contributed by atoms with van der Waals surface area (Å²) in [6.45, 7) is 9.86. The second-order valence-corrected chi connectivity index (χ2v) is 8.54. The van der Waals surface area contributed by atoms with Gasteiger partial charge in [-0.3, -0.25) is 9.20 Å². The highest BCUT2D eigenvalue weighted by atomic mass is 32.2. The van der Waals surface area contributed by atoms with Gasteiger partial charge in [-0.2, -0.15) is 0 Å². The summed E-state index contributed by atoms with van der Waals surface area (Å²) < 4.78 is 4.02. The Morgan fingerprint density at radius 2 is 1.72 bits per heavy atom. The average Bonchev–Trinajstić information content (AvgIpc) is 3.22. The summed E-state index contributed by atoms with van der Waals surface area (Å²) in [5.74, 6) is 0.645. The first kappa shape index (κ1) is 19.4. The summed E-state index contributed by atoms with van der Waals surface area (Å²) in [5.41, 5.74) is 5.69. The van der Waals surface area contributed by atoms with E-state index >= 15 is 0 Å². The molecule has 29 heavy (non-hydrogen) atoms. The van der Waals surface area contributed by atoms with Gasteiger partial charge in [0.05, 0.1) is 5.25 Å². The molecule has 0 radical (unpaired) electrons. The van der Waals surface area contributed by atoms with Crippen LogP contribution in [0.2, 0.25) is 0 Å². The molecule has 4 aromatic rings. The molecule has 4 rings (SSSR count). The molecular formula is C22H23N5OS. The van der Waals surface area contributed by atoms with E-state index in [1.54, 1.807) is 0 Å². The quantitative estimate of drug-likeness (QED) is 0.361. The average molecular weight is 406 g/mol. The topological polar surface area (TPSA) is 65.1 Å². The Kier molecular flexibility index (Phi) is 5.00. The second-order valence-electron chi connectivity index (χ2n) is 7.24. The second kappa shape index (κ2) is 7.48. The van der Waals surface area contributed by atoms with Gasteiger partial charge in [0.1, 0.15) is 0 Å². The first-order valence-corrected chi connectivity index (χ1v) is 10.4. The number of fused-ring (bicyclic) bond motifs is 1. The fourth-order valence-electron chi connectivity index (χ4n) is 3.69. The number of para-hydroxylation sites is 1. The monoisotopic (exact) mass is 405 g/mol. The number of carbonyl (C=O) groups is 1. The zero-order chi connectivity index (χ0) is 20.7. The van der Waals surface area contributed by atoms with Crippen molar-refractivity contribution < 1.29 is 4.79 Å². The van der Waals surface area contributed by atoms with Crippen molar-refractivity contribution in [2.45, 2.75) is 45.0 Å². The summed E-state index contributed by atoms with van der Waals surface area (Å²) in [6, 6.07) is 14.0. The summed E-state index contributed by atoms with van der Waals surface area (Å²) in [7, 11) is 0.